The normalized spacial score (nSPS) is 13.0. The standard InChI is InChI=1S/C20H21NOS2/c1-20(2,3)19-12-15(9-10-21-19)16-11-18(23-13-16)14-5-7-17(8-6-14)24(4)22/h5-13H,1-4H3. The van der Waals surface area contributed by atoms with Crippen LogP contribution in [0.4, 0.5) is 0 Å². The highest BCUT2D eigenvalue weighted by Crippen LogP contribution is 2.34. The van der Waals surface area contributed by atoms with Crippen molar-refractivity contribution in [2.45, 2.75) is 31.1 Å². The van der Waals surface area contributed by atoms with Crippen molar-refractivity contribution in [2.24, 2.45) is 0 Å². The lowest BCUT2D eigenvalue weighted by Gasteiger charge is -2.18. The van der Waals surface area contributed by atoms with Gasteiger partial charge < -0.3 is 0 Å². The summed E-state index contributed by atoms with van der Waals surface area (Å²) in [5.41, 5.74) is 4.71. The fourth-order valence-corrected chi connectivity index (χ4v) is 3.91. The first-order valence-corrected chi connectivity index (χ1v) is 10.3. The van der Waals surface area contributed by atoms with Gasteiger partial charge in [-0.1, -0.05) is 32.9 Å². The maximum Gasteiger partial charge on any atom is 0.0498 e. The molecule has 1 unspecified atom stereocenters. The van der Waals surface area contributed by atoms with Crippen molar-refractivity contribution >= 4 is 22.1 Å². The quantitative estimate of drug-likeness (QED) is 0.620. The van der Waals surface area contributed by atoms with Gasteiger partial charge in [0.05, 0.1) is 0 Å². The zero-order chi connectivity index (χ0) is 17.3. The second kappa shape index (κ2) is 6.61. The summed E-state index contributed by atoms with van der Waals surface area (Å²) >= 11 is 1.73. The molecule has 1 atom stereocenters. The molecule has 0 aliphatic rings. The molecule has 3 aromatic rings. The van der Waals surface area contributed by atoms with Crippen LogP contribution in [0.15, 0.2) is 58.9 Å². The number of rotatable bonds is 3. The van der Waals surface area contributed by atoms with Crippen molar-refractivity contribution in [3.8, 4) is 21.6 Å². The lowest BCUT2D eigenvalue weighted by Crippen LogP contribution is -2.13. The molecule has 0 saturated heterocycles. The largest absolute Gasteiger partial charge is 0.261 e. The number of thiophene rings is 1. The maximum absolute atomic E-state index is 11.5. The molecule has 4 heteroatoms. The molecule has 0 aliphatic carbocycles. The molecule has 2 heterocycles. The van der Waals surface area contributed by atoms with Gasteiger partial charge in [0.15, 0.2) is 0 Å². The van der Waals surface area contributed by atoms with Crippen molar-refractivity contribution in [3.63, 3.8) is 0 Å². The zero-order valence-electron chi connectivity index (χ0n) is 14.4. The molecule has 2 nitrogen and oxygen atoms in total. The molecular weight excluding hydrogens is 334 g/mol. The van der Waals surface area contributed by atoms with Gasteiger partial charge in [-0.2, -0.15) is 0 Å². The fourth-order valence-electron chi connectivity index (χ4n) is 2.47. The van der Waals surface area contributed by atoms with Crippen molar-refractivity contribution in [1.29, 1.82) is 0 Å². The summed E-state index contributed by atoms with van der Waals surface area (Å²) in [5.74, 6) is 0. The number of aromatic nitrogens is 1. The first-order valence-electron chi connectivity index (χ1n) is 7.84. The van der Waals surface area contributed by atoms with E-state index in [-0.39, 0.29) is 5.41 Å². The fraction of sp³-hybridized carbons (Fsp3) is 0.250. The van der Waals surface area contributed by atoms with E-state index in [0.29, 0.717) is 0 Å². The molecule has 0 radical (unpaired) electrons. The minimum atomic E-state index is -0.933. The van der Waals surface area contributed by atoms with Crippen molar-refractivity contribution in [1.82, 2.24) is 4.98 Å². The Labute approximate surface area is 150 Å². The molecule has 1 aromatic carbocycles. The number of nitrogens with zero attached hydrogens (tertiary/aromatic N) is 1. The third kappa shape index (κ3) is 3.65. The summed E-state index contributed by atoms with van der Waals surface area (Å²) in [4.78, 5) is 6.58. The Morgan fingerprint density at radius 2 is 1.67 bits per heavy atom. The van der Waals surface area contributed by atoms with Gasteiger partial charge >= 0.3 is 0 Å². The van der Waals surface area contributed by atoms with E-state index in [1.165, 1.54) is 16.0 Å². The topological polar surface area (TPSA) is 30.0 Å². The van der Waals surface area contributed by atoms with E-state index in [9.17, 15) is 4.21 Å². The van der Waals surface area contributed by atoms with Crippen LogP contribution in [0.25, 0.3) is 21.6 Å². The number of benzene rings is 1. The summed E-state index contributed by atoms with van der Waals surface area (Å²) in [6.45, 7) is 6.53. The van der Waals surface area contributed by atoms with E-state index in [4.69, 9.17) is 0 Å². The predicted molar refractivity (Wildman–Crippen MR) is 104 cm³/mol. The Hall–Kier alpha value is -1.78. The van der Waals surface area contributed by atoms with Crippen LogP contribution in [-0.2, 0) is 16.2 Å². The van der Waals surface area contributed by atoms with Crippen LogP contribution in [0.5, 0.6) is 0 Å². The first-order chi connectivity index (χ1) is 11.3. The molecule has 0 saturated carbocycles. The molecule has 0 fully saturated rings. The van der Waals surface area contributed by atoms with E-state index >= 15 is 0 Å². The lowest BCUT2D eigenvalue weighted by atomic mass is 9.90. The van der Waals surface area contributed by atoms with Gasteiger partial charge in [-0.15, -0.1) is 11.3 Å². The van der Waals surface area contributed by atoms with Crippen LogP contribution < -0.4 is 0 Å². The molecular formula is C20H21NOS2. The van der Waals surface area contributed by atoms with Crippen LogP contribution in [0.2, 0.25) is 0 Å². The van der Waals surface area contributed by atoms with Gasteiger partial charge in [0.2, 0.25) is 0 Å². The third-order valence-corrected chi connectivity index (χ3v) is 5.85. The highest BCUT2D eigenvalue weighted by molar-refractivity contribution is 7.84. The lowest BCUT2D eigenvalue weighted by molar-refractivity contribution is 0.569. The average molecular weight is 356 g/mol. The van der Waals surface area contributed by atoms with E-state index in [1.54, 1.807) is 17.6 Å². The van der Waals surface area contributed by atoms with Crippen molar-refractivity contribution in [3.05, 3.63) is 59.7 Å². The Kier molecular flexibility index (Phi) is 4.70. The smallest absolute Gasteiger partial charge is 0.0498 e. The molecule has 24 heavy (non-hydrogen) atoms. The molecule has 0 N–H and O–H groups in total. The van der Waals surface area contributed by atoms with Gasteiger partial charge in [-0.3, -0.25) is 9.19 Å². The summed E-state index contributed by atoms with van der Waals surface area (Å²) in [5, 5.41) is 2.18. The van der Waals surface area contributed by atoms with Gasteiger partial charge in [-0.25, -0.2) is 0 Å². The number of hydrogen-bond acceptors (Lipinski definition) is 3. The third-order valence-electron chi connectivity index (χ3n) is 3.93. The second-order valence-corrected chi connectivity index (χ2v) is 9.15. The Morgan fingerprint density at radius 1 is 0.958 bits per heavy atom. The molecule has 2 aromatic heterocycles. The number of hydrogen-bond donors (Lipinski definition) is 0. The summed E-state index contributed by atoms with van der Waals surface area (Å²) in [7, 11) is -0.933. The Morgan fingerprint density at radius 3 is 2.29 bits per heavy atom. The molecule has 124 valence electrons. The highest BCUT2D eigenvalue weighted by atomic mass is 32.2. The van der Waals surface area contributed by atoms with Crippen molar-refractivity contribution < 1.29 is 4.21 Å². The Balaban J connectivity index is 1.92. The zero-order valence-corrected chi connectivity index (χ0v) is 16.0. The monoisotopic (exact) mass is 355 g/mol. The SMILES string of the molecule is CS(=O)c1ccc(-c2cc(-c3ccnc(C(C)(C)C)c3)cs2)cc1. The van der Waals surface area contributed by atoms with Crippen LogP contribution in [0.1, 0.15) is 26.5 Å². The minimum Gasteiger partial charge on any atom is -0.261 e. The van der Waals surface area contributed by atoms with E-state index in [0.717, 1.165) is 16.2 Å². The molecule has 0 aliphatic heterocycles. The maximum atomic E-state index is 11.5. The van der Waals surface area contributed by atoms with Gasteiger partial charge in [-0.05, 0) is 52.4 Å². The van der Waals surface area contributed by atoms with Crippen LogP contribution >= 0.6 is 11.3 Å². The summed E-state index contributed by atoms with van der Waals surface area (Å²) in [6.07, 6.45) is 3.59. The van der Waals surface area contributed by atoms with Gasteiger partial charge in [0.1, 0.15) is 0 Å². The van der Waals surface area contributed by atoms with Crippen molar-refractivity contribution in [2.75, 3.05) is 6.26 Å². The predicted octanol–water partition coefficient (Wildman–Crippen LogP) is 5.51. The molecule has 3 rings (SSSR count). The summed E-state index contributed by atoms with van der Waals surface area (Å²) in [6, 6.07) is 14.4. The van der Waals surface area contributed by atoms with Crippen LogP contribution in [0, 0.1) is 0 Å². The molecule has 0 spiro atoms. The number of pyridine rings is 1. The molecule has 0 amide bonds. The highest BCUT2D eigenvalue weighted by Gasteiger charge is 2.16. The van der Waals surface area contributed by atoms with Gasteiger partial charge in [0.25, 0.3) is 0 Å². The Bertz CT molecular complexity index is 873. The second-order valence-electron chi connectivity index (χ2n) is 6.86. The first kappa shape index (κ1) is 17.1. The molecule has 0 bridgehead atoms. The summed E-state index contributed by atoms with van der Waals surface area (Å²) < 4.78 is 11.5. The van der Waals surface area contributed by atoms with E-state index in [1.807, 2.05) is 30.5 Å². The van der Waals surface area contributed by atoms with E-state index in [2.05, 4.69) is 49.3 Å². The van der Waals surface area contributed by atoms with Crippen LogP contribution in [0.3, 0.4) is 0 Å². The average Bonchev–Trinajstić information content (AvgIpc) is 3.04. The van der Waals surface area contributed by atoms with Gasteiger partial charge in [0, 0.05) is 44.1 Å². The van der Waals surface area contributed by atoms with E-state index < -0.39 is 10.8 Å². The minimum absolute atomic E-state index is 0.0422. The van der Waals surface area contributed by atoms with Crippen LogP contribution in [-0.4, -0.2) is 15.4 Å².